The van der Waals surface area contributed by atoms with E-state index < -0.39 is 17.9 Å². The van der Waals surface area contributed by atoms with Crippen LogP contribution in [0.1, 0.15) is 6.92 Å². The number of hydrogen-bond donors (Lipinski definition) is 1. The van der Waals surface area contributed by atoms with E-state index in [1.807, 2.05) is 6.92 Å². The van der Waals surface area contributed by atoms with Crippen molar-refractivity contribution in [1.82, 2.24) is 0 Å². The van der Waals surface area contributed by atoms with Crippen molar-refractivity contribution in [2.75, 3.05) is 27.9 Å². The minimum atomic E-state index is -3.58. The van der Waals surface area contributed by atoms with Gasteiger partial charge in [0, 0.05) is 34.5 Å². The standard InChI is InChI=1S/C6H18O6Si2/c1-6-11-13(5,8-2)12-14(7,9-3)10-4/h7H,6H2,1-5H3. The highest BCUT2D eigenvalue weighted by atomic mass is 28.5. The third-order valence-electron chi connectivity index (χ3n) is 1.61. The zero-order valence-electron chi connectivity index (χ0n) is 9.20. The molecule has 6 nitrogen and oxygen atoms in total. The summed E-state index contributed by atoms with van der Waals surface area (Å²) in [5.41, 5.74) is 0. The Bertz CT molecular complexity index is 164. The van der Waals surface area contributed by atoms with Gasteiger partial charge in [-0.3, -0.25) is 0 Å². The molecule has 0 aliphatic carbocycles. The largest absolute Gasteiger partial charge is 0.668 e. The summed E-state index contributed by atoms with van der Waals surface area (Å²) in [7, 11) is -2.33. The molecule has 0 rings (SSSR count). The summed E-state index contributed by atoms with van der Waals surface area (Å²) in [5.74, 6) is 0. The maximum absolute atomic E-state index is 9.67. The lowest BCUT2D eigenvalue weighted by Crippen LogP contribution is -2.56. The van der Waals surface area contributed by atoms with Crippen LogP contribution in [0.4, 0.5) is 0 Å². The van der Waals surface area contributed by atoms with Crippen LogP contribution in [0.25, 0.3) is 0 Å². The molecule has 0 aliphatic rings. The first-order valence-corrected chi connectivity index (χ1v) is 8.07. The molecule has 0 saturated carbocycles. The summed E-state index contributed by atoms with van der Waals surface area (Å²) in [6, 6.07) is 0. The fraction of sp³-hybridized carbons (Fsp3) is 1.00. The van der Waals surface area contributed by atoms with Gasteiger partial charge >= 0.3 is 17.9 Å². The Morgan fingerprint density at radius 2 is 1.57 bits per heavy atom. The molecule has 1 unspecified atom stereocenters. The molecule has 0 aromatic rings. The number of hydrogen-bond acceptors (Lipinski definition) is 6. The van der Waals surface area contributed by atoms with Crippen molar-refractivity contribution in [2.45, 2.75) is 13.5 Å². The molecule has 0 aromatic heterocycles. The maximum atomic E-state index is 9.67. The normalized spacial score (nSPS) is 16.7. The van der Waals surface area contributed by atoms with Gasteiger partial charge in [-0.1, -0.05) is 0 Å². The van der Waals surface area contributed by atoms with E-state index in [-0.39, 0.29) is 0 Å². The van der Waals surface area contributed by atoms with Crippen molar-refractivity contribution in [3.63, 3.8) is 0 Å². The average molecular weight is 242 g/mol. The summed E-state index contributed by atoms with van der Waals surface area (Å²) >= 11 is 0. The van der Waals surface area contributed by atoms with Crippen molar-refractivity contribution in [2.24, 2.45) is 0 Å². The highest BCUT2D eigenvalue weighted by molar-refractivity contribution is 6.70. The predicted octanol–water partition coefficient (Wildman–Crippen LogP) is -0.0247. The van der Waals surface area contributed by atoms with Crippen LogP contribution in [-0.2, 0) is 21.8 Å². The summed E-state index contributed by atoms with van der Waals surface area (Å²) < 4.78 is 25.1. The van der Waals surface area contributed by atoms with E-state index >= 15 is 0 Å². The van der Waals surface area contributed by atoms with Gasteiger partial charge in [0.2, 0.25) is 0 Å². The smallest absolute Gasteiger partial charge is 0.377 e. The van der Waals surface area contributed by atoms with Gasteiger partial charge in [0.15, 0.2) is 0 Å². The van der Waals surface area contributed by atoms with Gasteiger partial charge in [-0.05, 0) is 6.92 Å². The van der Waals surface area contributed by atoms with Crippen molar-refractivity contribution in [3.05, 3.63) is 0 Å². The van der Waals surface area contributed by atoms with Crippen LogP contribution in [0.3, 0.4) is 0 Å². The van der Waals surface area contributed by atoms with Crippen LogP contribution in [0.15, 0.2) is 0 Å². The van der Waals surface area contributed by atoms with E-state index in [1.165, 1.54) is 21.3 Å². The minimum Gasteiger partial charge on any atom is -0.377 e. The molecule has 0 aromatic carbocycles. The summed E-state index contributed by atoms with van der Waals surface area (Å²) in [4.78, 5) is 9.67. The number of rotatable bonds is 7. The Kier molecular flexibility index (Phi) is 6.01. The molecule has 86 valence electrons. The molecule has 14 heavy (non-hydrogen) atoms. The lowest BCUT2D eigenvalue weighted by molar-refractivity contribution is 0.0278. The third kappa shape index (κ3) is 4.15. The third-order valence-corrected chi connectivity index (χ3v) is 6.71. The second-order valence-electron chi connectivity index (χ2n) is 2.53. The molecular weight excluding hydrogens is 224 g/mol. The summed E-state index contributed by atoms with van der Waals surface area (Å²) in [6.45, 7) is 3.91. The zero-order chi connectivity index (χ0) is 11.2. The second kappa shape index (κ2) is 5.93. The first-order chi connectivity index (χ1) is 6.45. The topological polar surface area (TPSA) is 66.4 Å². The van der Waals surface area contributed by atoms with Crippen LogP contribution in [0.5, 0.6) is 0 Å². The minimum absolute atomic E-state index is 0.439. The first kappa shape index (κ1) is 14.2. The fourth-order valence-corrected chi connectivity index (χ4v) is 4.71. The second-order valence-corrected chi connectivity index (χ2v) is 7.64. The van der Waals surface area contributed by atoms with Gasteiger partial charge in [0.1, 0.15) is 0 Å². The van der Waals surface area contributed by atoms with E-state index in [9.17, 15) is 4.80 Å². The lowest BCUT2D eigenvalue weighted by Gasteiger charge is -2.29. The highest BCUT2D eigenvalue weighted by Gasteiger charge is 2.50. The van der Waals surface area contributed by atoms with Crippen molar-refractivity contribution in [3.8, 4) is 0 Å². The zero-order valence-corrected chi connectivity index (χ0v) is 11.2. The molecule has 0 saturated heterocycles. The van der Waals surface area contributed by atoms with Crippen molar-refractivity contribution in [1.29, 1.82) is 0 Å². The summed E-state index contributed by atoms with van der Waals surface area (Å²) in [6.07, 6.45) is 0. The van der Waals surface area contributed by atoms with Gasteiger partial charge in [0.05, 0.1) is 0 Å². The van der Waals surface area contributed by atoms with Crippen molar-refractivity contribution >= 4 is 17.9 Å². The molecule has 1 N–H and O–H groups in total. The monoisotopic (exact) mass is 242 g/mol. The maximum Gasteiger partial charge on any atom is 0.668 e. The van der Waals surface area contributed by atoms with Gasteiger partial charge in [-0.2, -0.15) is 0 Å². The molecule has 8 heteroatoms. The Hall–Kier alpha value is 0.194. The van der Waals surface area contributed by atoms with E-state index in [2.05, 4.69) is 0 Å². The molecule has 0 fully saturated rings. The predicted molar refractivity (Wildman–Crippen MR) is 53.3 cm³/mol. The highest BCUT2D eigenvalue weighted by Crippen LogP contribution is 2.15. The van der Waals surface area contributed by atoms with Gasteiger partial charge in [0.25, 0.3) is 0 Å². The van der Waals surface area contributed by atoms with Crippen LogP contribution >= 0.6 is 0 Å². The fourth-order valence-electron chi connectivity index (χ4n) is 0.793. The van der Waals surface area contributed by atoms with E-state index in [0.29, 0.717) is 6.61 Å². The van der Waals surface area contributed by atoms with Gasteiger partial charge in [-0.15, -0.1) is 0 Å². The lowest BCUT2D eigenvalue weighted by atomic mass is 10.9. The molecule has 0 amide bonds. The first-order valence-electron chi connectivity index (χ1n) is 4.17. The Morgan fingerprint density at radius 1 is 1.07 bits per heavy atom. The molecule has 1 atom stereocenters. The molecule has 0 heterocycles. The Labute approximate surface area is 86.6 Å². The van der Waals surface area contributed by atoms with E-state index in [1.54, 1.807) is 6.55 Å². The molecule has 0 radical (unpaired) electrons. The van der Waals surface area contributed by atoms with Gasteiger partial charge in [-0.25, -0.2) is 0 Å². The van der Waals surface area contributed by atoms with Crippen LogP contribution in [0, 0.1) is 0 Å². The van der Waals surface area contributed by atoms with Gasteiger partial charge < -0.3 is 26.6 Å². The van der Waals surface area contributed by atoms with E-state index in [0.717, 1.165) is 0 Å². The Morgan fingerprint density at radius 3 is 1.86 bits per heavy atom. The molecular formula is C6H18O6Si2. The van der Waals surface area contributed by atoms with Crippen molar-refractivity contribution < 1.29 is 26.6 Å². The summed E-state index contributed by atoms with van der Waals surface area (Å²) in [5, 5.41) is 0. The molecule has 0 bridgehead atoms. The average Bonchev–Trinajstić information content (AvgIpc) is 2.18. The SMILES string of the molecule is CCO[Si](C)(OC)O[Si](O)(OC)OC. The van der Waals surface area contributed by atoms with Crippen LogP contribution in [-0.4, -0.2) is 50.6 Å². The Balaban J connectivity index is 4.41. The molecule has 0 aliphatic heterocycles. The van der Waals surface area contributed by atoms with Crippen LogP contribution < -0.4 is 0 Å². The van der Waals surface area contributed by atoms with Crippen LogP contribution in [0.2, 0.25) is 6.55 Å². The quantitative estimate of drug-likeness (QED) is 0.633. The van der Waals surface area contributed by atoms with E-state index in [4.69, 9.17) is 21.8 Å². The molecule has 0 spiro atoms.